The van der Waals surface area contributed by atoms with Crippen molar-refractivity contribution >= 4 is 14.3 Å². The lowest BCUT2D eigenvalue weighted by molar-refractivity contribution is 0.0723. The van der Waals surface area contributed by atoms with Crippen LogP contribution in [0.5, 0.6) is 0 Å². The van der Waals surface area contributed by atoms with Gasteiger partial charge in [0.15, 0.2) is 0 Å². The molecule has 0 saturated heterocycles. The Kier molecular flexibility index (Phi) is 3.58. The summed E-state index contributed by atoms with van der Waals surface area (Å²) in [5, 5.41) is 0. The van der Waals surface area contributed by atoms with Gasteiger partial charge in [-0.3, -0.25) is 0 Å². The number of benzene rings is 1. The summed E-state index contributed by atoms with van der Waals surface area (Å²) >= 11 is 0. The number of carbonyl (C=O) groups is 1. The molecule has 0 aliphatic carbocycles. The van der Waals surface area contributed by atoms with E-state index < -0.39 is 8.32 Å². The van der Waals surface area contributed by atoms with Crippen LogP contribution in [0, 0.1) is 20.8 Å². The van der Waals surface area contributed by atoms with Gasteiger partial charge in [-0.25, -0.2) is 4.79 Å². The molecule has 0 heterocycles. The molecule has 2 nitrogen and oxygen atoms in total. The second-order valence-electron chi connectivity index (χ2n) is 5.28. The van der Waals surface area contributed by atoms with Crippen LogP contribution in [-0.4, -0.2) is 14.3 Å². The summed E-state index contributed by atoms with van der Waals surface area (Å²) in [7, 11) is -1.81. The first kappa shape index (κ1) is 13.0. The molecule has 0 atom stereocenters. The second kappa shape index (κ2) is 4.42. The van der Waals surface area contributed by atoms with Gasteiger partial charge in [0.2, 0.25) is 8.32 Å². The van der Waals surface area contributed by atoms with Crippen LogP contribution in [0.3, 0.4) is 0 Å². The van der Waals surface area contributed by atoms with Crippen molar-refractivity contribution in [1.82, 2.24) is 0 Å². The van der Waals surface area contributed by atoms with E-state index >= 15 is 0 Å². The topological polar surface area (TPSA) is 26.3 Å². The minimum absolute atomic E-state index is 0.172. The molecule has 3 heteroatoms. The molecular formula is C13H20O2Si. The van der Waals surface area contributed by atoms with E-state index in [0.29, 0.717) is 0 Å². The van der Waals surface area contributed by atoms with Gasteiger partial charge in [-0.15, -0.1) is 0 Å². The normalized spacial score (nSPS) is 11.4. The summed E-state index contributed by atoms with van der Waals surface area (Å²) in [6.07, 6.45) is 0. The number of aryl methyl sites for hydroxylation is 3. The fourth-order valence-corrected chi connectivity index (χ4v) is 2.49. The Balaban J connectivity index is 3.10. The fourth-order valence-electron chi connectivity index (χ4n) is 1.83. The monoisotopic (exact) mass is 236 g/mol. The van der Waals surface area contributed by atoms with Crippen LogP contribution in [0.15, 0.2) is 12.1 Å². The van der Waals surface area contributed by atoms with Crippen molar-refractivity contribution in [3.63, 3.8) is 0 Å². The van der Waals surface area contributed by atoms with Crippen LogP contribution < -0.4 is 0 Å². The molecule has 0 aliphatic heterocycles. The standard InChI is InChI=1S/C13H20O2Si/c1-9-7-10(2)12(11(3)8-9)13(14)15-16(4,5)6/h7-8H,1-6H3. The molecule has 0 unspecified atom stereocenters. The maximum atomic E-state index is 12.0. The van der Waals surface area contributed by atoms with Crippen molar-refractivity contribution in [2.75, 3.05) is 0 Å². The van der Waals surface area contributed by atoms with Gasteiger partial charge in [0.1, 0.15) is 0 Å². The molecule has 0 spiro atoms. The lowest BCUT2D eigenvalue weighted by atomic mass is 10.0. The van der Waals surface area contributed by atoms with Crippen LogP contribution in [0.1, 0.15) is 27.0 Å². The zero-order valence-corrected chi connectivity index (χ0v) is 12.0. The highest BCUT2D eigenvalue weighted by molar-refractivity contribution is 6.71. The minimum atomic E-state index is -1.81. The zero-order valence-electron chi connectivity index (χ0n) is 11.0. The molecule has 0 aliphatic rings. The van der Waals surface area contributed by atoms with Gasteiger partial charge in [0, 0.05) is 0 Å². The average molecular weight is 236 g/mol. The summed E-state index contributed by atoms with van der Waals surface area (Å²) in [6.45, 7) is 12.0. The van der Waals surface area contributed by atoms with E-state index in [2.05, 4.69) is 0 Å². The van der Waals surface area contributed by atoms with Gasteiger partial charge in [0.05, 0.1) is 5.56 Å². The Morgan fingerprint density at radius 3 is 1.88 bits per heavy atom. The fraction of sp³-hybridized carbons (Fsp3) is 0.462. The Bertz CT molecular complexity index is 393. The first-order valence-electron chi connectivity index (χ1n) is 5.52. The summed E-state index contributed by atoms with van der Waals surface area (Å²) in [4.78, 5) is 12.0. The van der Waals surface area contributed by atoms with Crippen molar-refractivity contribution in [2.24, 2.45) is 0 Å². The zero-order chi connectivity index (χ0) is 12.5. The van der Waals surface area contributed by atoms with Gasteiger partial charge >= 0.3 is 5.97 Å². The van der Waals surface area contributed by atoms with Crippen molar-refractivity contribution in [3.05, 3.63) is 34.4 Å². The summed E-state index contributed by atoms with van der Waals surface area (Å²) in [6, 6.07) is 4.04. The molecule has 0 amide bonds. The highest BCUT2D eigenvalue weighted by Crippen LogP contribution is 2.19. The molecule has 0 radical (unpaired) electrons. The number of rotatable bonds is 2. The van der Waals surface area contributed by atoms with Gasteiger partial charge in [-0.1, -0.05) is 17.7 Å². The van der Waals surface area contributed by atoms with Crippen molar-refractivity contribution in [2.45, 2.75) is 40.4 Å². The predicted molar refractivity (Wildman–Crippen MR) is 69.4 cm³/mol. The van der Waals surface area contributed by atoms with E-state index in [1.165, 1.54) is 5.56 Å². The molecule has 0 fully saturated rings. The van der Waals surface area contributed by atoms with Crippen LogP contribution >= 0.6 is 0 Å². The predicted octanol–water partition coefficient (Wildman–Crippen LogP) is 3.60. The number of hydrogen-bond acceptors (Lipinski definition) is 2. The first-order chi connectivity index (χ1) is 7.20. The quantitative estimate of drug-likeness (QED) is 0.733. The Morgan fingerprint density at radius 1 is 1.06 bits per heavy atom. The molecule has 0 N–H and O–H groups in total. The summed E-state index contributed by atoms with van der Waals surface area (Å²) in [5.74, 6) is -0.172. The molecule has 0 saturated carbocycles. The third kappa shape index (κ3) is 3.20. The summed E-state index contributed by atoms with van der Waals surface area (Å²) in [5.41, 5.74) is 3.91. The highest BCUT2D eigenvalue weighted by atomic mass is 28.4. The molecule has 1 aromatic carbocycles. The molecule has 88 valence electrons. The van der Waals surface area contributed by atoms with Crippen molar-refractivity contribution in [3.8, 4) is 0 Å². The lowest BCUT2D eigenvalue weighted by Gasteiger charge is -2.19. The Morgan fingerprint density at radius 2 is 1.50 bits per heavy atom. The molecular weight excluding hydrogens is 216 g/mol. The van der Waals surface area contributed by atoms with Crippen LogP contribution in [-0.2, 0) is 4.43 Å². The lowest BCUT2D eigenvalue weighted by Crippen LogP contribution is -2.29. The van der Waals surface area contributed by atoms with Gasteiger partial charge in [-0.05, 0) is 51.5 Å². The molecule has 0 aromatic heterocycles. The molecule has 16 heavy (non-hydrogen) atoms. The van der Waals surface area contributed by atoms with E-state index in [1.54, 1.807) is 0 Å². The van der Waals surface area contributed by atoms with Gasteiger partial charge < -0.3 is 4.43 Å². The van der Waals surface area contributed by atoms with Gasteiger partial charge in [0.25, 0.3) is 0 Å². The minimum Gasteiger partial charge on any atom is -0.516 e. The Labute approximate surface area is 98.8 Å². The van der Waals surface area contributed by atoms with E-state index in [0.717, 1.165) is 16.7 Å². The van der Waals surface area contributed by atoms with E-state index in [1.807, 2.05) is 52.5 Å². The maximum absolute atomic E-state index is 12.0. The number of carbonyl (C=O) groups excluding carboxylic acids is 1. The smallest absolute Gasteiger partial charge is 0.325 e. The van der Waals surface area contributed by atoms with Crippen molar-refractivity contribution < 1.29 is 9.22 Å². The van der Waals surface area contributed by atoms with E-state index in [4.69, 9.17) is 4.43 Å². The van der Waals surface area contributed by atoms with Gasteiger partial charge in [-0.2, -0.15) is 0 Å². The molecule has 1 aromatic rings. The Hall–Kier alpha value is -1.09. The third-order valence-electron chi connectivity index (χ3n) is 2.28. The molecule has 0 bridgehead atoms. The summed E-state index contributed by atoms with van der Waals surface area (Å²) < 4.78 is 5.53. The van der Waals surface area contributed by atoms with E-state index in [9.17, 15) is 4.79 Å². The second-order valence-corrected chi connectivity index (χ2v) is 9.70. The molecule has 1 rings (SSSR count). The first-order valence-corrected chi connectivity index (χ1v) is 8.93. The van der Waals surface area contributed by atoms with Crippen molar-refractivity contribution in [1.29, 1.82) is 0 Å². The van der Waals surface area contributed by atoms with Crippen LogP contribution in [0.2, 0.25) is 19.6 Å². The van der Waals surface area contributed by atoms with E-state index in [-0.39, 0.29) is 5.97 Å². The van der Waals surface area contributed by atoms with Crippen LogP contribution in [0.25, 0.3) is 0 Å². The third-order valence-corrected chi connectivity index (χ3v) is 3.08. The maximum Gasteiger partial charge on any atom is 0.325 e. The van der Waals surface area contributed by atoms with Crippen LogP contribution in [0.4, 0.5) is 0 Å². The highest BCUT2D eigenvalue weighted by Gasteiger charge is 2.23. The largest absolute Gasteiger partial charge is 0.516 e. The SMILES string of the molecule is Cc1cc(C)c(C(=O)O[Si](C)(C)C)c(C)c1. The average Bonchev–Trinajstić information content (AvgIpc) is 1.96. The number of hydrogen-bond donors (Lipinski definition) is 0.